The van der Waals surface area contributed by atoms with Crippen LogP contribution in [0.3, 0.4) is 0 Å². The van der Waals surface area contributed by atoms with Gasteiger partial charge in [-0.25, -0.2) is 9.18 Å². The molecule has 0 aliphatic rings. The fraction of sp³-hybridized carbons (Fsp3) is 0.217. The van der Waals surface area contributed by atoms with E-state index in [4.69, 9.17) is 22.0 Å². The number of nitriles is 1. The zero-order valence-electron chi connectivity index (χ0n) is 17.7. The Balaban J connectivity index is 2.04. The molecule has 0 bridgehead atoms. The molecule has 0 aliphatic heterocycles. The van der Waals surface area contributed by atoms with Gasteiger partial charge in [-0.1, -0.05) is 36.7 Å². The predicted molar refractivity (Wildman–Crippen MR) is 114 cm³/mol. The standard InChI is InChI=1S/C23H17ClF4N2O4/c1-12(22(33,23(26,27)28)20-8-5-15(11-29)30(20)2)16-6-3-13(9-17(16)24)14-4-7-19(18(25)10-14)34-21(31)32/h3-10,12,33H,1-2H3,(H,31,32). The Labute approximate surface area is 196 Å². The summed E-state index contributed by atoms with van der Waals surface area (Å²) >= 11 is 6.30. The molecule has 0 saturated heterocycles. The molecule has 2 atom stereocenters. The van der Waals surface area contributed by atoms with Crippen molar-refractivity contribution in [1.82, 2.24) is 4.57 Å². The second kappa shape index (κ2) is 9.00. The van der Waals surface area contributed by atoms with Gasteiger partial charge in [0, 0.05) is 18.0 Å². The second-order valence-electron chi connectivity index (χ2n) is 7.51. The van der Waals surface area contributed by atoms with E-state index < -0.39 is 41.1 Å². The quantitative estimate of drug-likeness (QED) is 0.258. The average Bonchev–Trinajstić information content (AvgIpc) is 3.13. The third-order valence-corrected chi connectivity index (χ3v) is 5.94. The second-order valence-corrected chi connectivity index (χ2v) is 7.92. The number of carboxylic acid groups (broad SMARTS) is 1. The monoisotopic (exact) mass is 496 g/mol. The lowest BCUT2D eigenvalue weighted by molar-refractivity contribution is -0.276. The highest BCUT2D eigenvalue weighted by molar-refractivity contribution is 6.31. The highest BCUT2D eigenvalue weighted by Gasteiger charge is 2.60. The summed E-state index contributed by atoms with van der Waals surface area (Å²) in [6, 6.07) is 11.4. The minimum absolute atomic E-state index is 0.0312. The Hall–Kier alpha value is -3.55. The normalized spacial score (nSPS) is 14.2. The Bertz CT molecular complexity index is 1300. The molecule has 0 radical (unpaired) electrons. The highest BCUT2D eigenvalue weighted by atomic mass is 35.5. The third-order valence-electron chi connectivity index (χ3n) is 5.62. The van der Waals surface area contributed by atoms with Crippen LogP contribution in [-0.4, -0.2) is 27.1 Å². The van der Waals surface area contributed by atoms with Crippen LogP contribution < -0.4 is 4.74 Å². The molecule has 1 aromatic heterocycles. The Kier molecular flexibility index (Phi) is 6.64. The first kappa shape index (κ1) is 25.1. The van der Waals surface area contributed by atoms with Crippen LogP contribution in [-0.2, 0) is 12.6 Å². The molecule has 3 aromatic rings. The molecule has 2 unspecified atom stereocenters. The van der Waals surface area contributed by atoms with Gasteiger partial charge in [-0.3, -0.25) is 0 Å². The zero-order chi connectivity index (χ0) is 25.4. The number of benzene rings is 2. The SMILES string of the molecule is CC(c1ccc(-c2ccc(OC(=O)O)c(F)c2)cc1Cl)C(O)(c1ccc(C#N)n1C)C(F)(F)F. The van der Waals surface area contributed by atoms with Crippen LogP contribution in [0.2, 0.25) is 5.02 Å². The van der Waals surface area contributed by atoms with Crippen molar-refractivity contribution in [1.29, 1.82) is 5.26 Å². The van der Waals surface area contributed by atoms with Gasteiger partial charge in [-0.05, 0) is 47.0 Å². The fourth-order valence-electron chi connectivity index (χ4n) is 3.76. The number of ether oxygens (including phenoxy) is 1. The van der Waals surface area contributed by atoms with Crippen LogP contribution in [0.25, 0.3) is 11.1 Å². The minimum Gasteiger partial charge on any atom is -0.449 e. The summed E-state index contributed by atoms with van der Waals surface area (Å²) in [6.07, 6.45) is -6.80. The van der Waals surface area contributed by atoms with Gasteiger partial charge in [-0.2, -0.15) is 18.4 Å². The zero-order valence-corrected chi connectivity index (χ0v) is 18.4. The number of aliphatic hydroxyl groups is 1. The van der Waals surface area contributed by atoms with Crippen molar-refractivity contribution in [2.45, 2.75) is 24.6 Å². The summed E-state index contributed by atoms with van der Waals surface area (Å²) in [6.45, 7) is 1.16. The van der Waals surface area contributed by atoms with Gasteiger partial charge >= 0.3 is 12.3 Å². The van der Waals surface area contributed by atoms with Gasteiger partial charge < -0.3 is 19.5 Å². The summed E-state index contributed by atoms with van der Waals surface area (Å²) in [4.78, 5) is 10.6. The molecule has 0 saturated carbocycles. The number of carbonyl (C=O) groups is 1. The molecule has 2 N–H and O–H groups in total. The van der Waals surface area contributed by atoms with E-state index in [9.17, 15) is 27.5 Å². The number of hydrogen-bond donors (Lipinski definition) is 2. The maximum Gasteiger partial charge on any atom is 0.511 e. The number of alkyl halides is 3. The summed E-state index contributed by atoms with van der Waals surface area (Å²) in [7, 11) is 1.24. The van der Waals surface area contributed by atoms with Gasteiger partial charge in [0.1, 0.15) is 11.8 Å². The van der Waals surface area contributed by atoms with E-state index in [0.29, 0.717) is 5.56 Å². The van der Waals surface area contributed by atoms with Crippen LogP contribution in [0.5, 0.6) is 5.75 Å². The van der Waals surface area contributed by atoms with Crippen molar-refractivity contribution in [3.05, 3.63) is 76.3 Å². The topological polar surface area (TPSA) is 95.5 Å². The Morgan fingerprint density at radius 3 is 2.26 bits per heavy atom. The molecule has 34 heavy (non-hydrogen) atoms. The molecule has 3 rings (SSSR count). The van der Waals surface area contributed by atoms with Crippen molar-refractivity contribution in [2.24, 2.45) is 7.05 Å². The third kappa shape index (κ3) is 4.32. The van der Waals surface area contributed by atoms with Crippen LogP contribution in [0.1, 0.15) is 29.8 Å². The predicted octanol–water partition coefficient (Wildman–Crippen LogP) is 5.97. The molecule has 0 amide bonds. The number of aromatic nitrogens is 1. The summed E-state index contributed by atoms with van der Waals surface area (Å²) < 4.78 is 62.0. The molecular weight excluding hydrogens is 480 g/mol. The summed E-state index contributed by atoms with van der Waals surface area (Å²) in [5.41, 5.74) is -3.39. The number of nitrogens with zero attached hydrogens (tertiary/aromatic N) is 2. The van der Waals surface area contributed by atoms with Crippen molar-refractivity contribution >= 4 is 17.8 Å². The summed E-state index contributed by atoms with van der Waals surface area (Å²) in [5.74, 6) is -3.06. The molecular formula is C23H17ClF4N2O4. The van der Waals surface area contributed by atoms with Gasteiger partial charge in [0.2, 0.25) is 5.60 Å². The Morgan fingerprint density at radius 1 is 1.15 bits per heavy atom. The van der Waals surface area contributed by atoms with Crippen LogP contribution in [0, 0.1) is 17.1 Å². The largest absolute Gasteiger partial charge is 0.511 e. The molecule has 0 aliphatic carbocycles. The van der Waals surface area contributed by atoms with Crippen molar-refractivity contribution in [2.75, 3.05) is 0 Å². The summed E-state index contributed by atoms with van der Waals surface area (Å²) in [5, 5.41) is 28.5. The average molecular weight is 497 g/mol. The van der Waals surface area contributed by atoms with Crippen molar-refractivity contribution in [3.63, 3.8) is 0 Å². The molecule has 1 heterocycles. The van der Waals surface area contributed by atoms with Gasteiger partial charge in [0.05, 0.1) is 5.69 Å². The maximum absolute atomic E-state index is 14.2. The lowest BCUT2D eigenvalue weighted by Crippen LogP contribution is -2.47. The maximum atomic E-state index is 14.2. The minimum atomic E-state index is -5.11. The first-order valence-electron chi connectivity index (χ1n) is 9.66. The van der Waals surface area contributed by atoms with Crippen molar-refractivity contribution < 1.29 is 37.3 Å². The smallest absolute Gasteiger partial charge is 0.449 e. The number of hydrogen-bond acceptors (Lipinski definition) is 4. The van der Waals surface area contributed by atoms with E-state index in [2.05, 4.69) is 4.74 Å². The number of halogens is 5. The van der Waals surface area contributed by atoms with Gasteiger partial charge in [0.15, 0.2) is 11.6 Å². The molecule has 178 valence electrons. The molecule has 11 heteroatoms. The van der Waals surface area contributed by atoms with E-state index >= 15 is 0 Å². The van der Waals surface area contributed by atoms with Crippen LogP contribution in [0.4, 0.5) is 22.4 Å². The van der Waals surface area contributed by atoms with Crippen LogP contribution >= 0.6 is 11.6 Å². The fourth-order valence-corrected chi connectivity index (χ4v) is 4.10. The Morgan fingerprint density at radius 2 is 1.76 bits per heavy atom. The molecule has 0 spiro atoms. The lowest BCUT2D eigenvalue weighted by atomic mass is 9.80. The van der Waals surface area contributed by atoms with E-state index in [1.807, 2.05) is 0 Å². The van der Waals surface area contributed by atoms with E-state index in [0.717, 1.165) is 29.7 Å². The van der Waals surface area contributed by atoms with Gasteiger partial charge in [-0.15, -0.1) is 0 Å². The molecule has 0 fully saturated rings. The van der Waals surface area contributed by atoms with Gasteiger partial charge in [0.25, 0.3) is 0 Å². The lowest BCUT2D eigenvalue weighted by Gasteiger charge is -2.37. The number of rotatable bonds is 5. The van der Waals surface area contributed by atoms with E-state index in [1.54, 1.807) is 6.07 Å². The van der Waals surface area contributed by atoms with Crippen LogP contribution in [0.15, 0.2) is 48.5 Å². The van der Waals surface area contributed by atoms with E-state index in [-0.39, 0.29) is 21.8 Å². The molecule has 2 aromatic carbocycles. The molecule has 6 nitrogen and oxygen atoms in total. The first-order valence-corrected chi connectivity index (χ1v) is 10.0. The van der Waals surface area contributed by atoms with E-state index in [1.165, 1.54) is 37.4 Å². The van der Waals surface area contributed by atoms with Crippen molar-refractivity contribution in [3.8, 4) is 22.9 Å². The first-order chi connectivity index (χ1) is 15.8. The highest BCUT2D eigenvalue weighted by Crippen LogP contribution is 2.50.